The Hall–Kier alpha value is -0.0900. The molecule has 1 atom stereocenters. The van der Waals surface area contributed by atoms with E-state index in [1.165, 1.54) is 30.6 Å². The van der Waals surface area contributed by atoms with E-state index in [0.717, 1.165) is 10.4 Å². The molecular weight excluding hydrogens is 264 g/mol. The summed E-state index contributed by atoms with van der Waals surface area (Å²) < 4.78 is 0.893. The molecule has 1 saturated carbocycles. The van der Waals surface area contributed by atoms with Gasteiger partial charge in [0.1, 0.15) is 0 Å². The highest BCUT2D eigenvalue weighted by Crippen LogP contribution is 2.33. The molecule has 0 amide bonds. The highest BCUT2D eigenvalue weighted by Gasteiger charge is 2.26. The van der Waals surface area contributed by atoms with Crippen molar-refractivity contribution in [2.75, 3.05) is 14.1 Å². The summed E-state index contributed by atoms with van der Waals surface area (Å²) in [7, 11) is 4.33. The first-order valence-electron chi connectivity index (χ1n) is 6.76. The van der Waals surface area contributed by atoms with E-state index in [1.54, 1.807) is 11.3 Å². The molecule has 0 bridgehead atoms. The Kier molecular flexibility index (Phi) is 5.07. The first-order chi connectivity index (χ1) is 8.61. The van der Waals surface area contributed by atoms with Gasteiger partial charge in [-0.2, -0.15) is 0 Å². The molecule has 0 aliphatic heterocycles. The lowest BCUT2D eigenvalue weighted by Gasteiger charge is -2.37. The molecule has 1 unspecified atom stereocenters. The maximum absolute atomic E-state index is 6.02. The van der Waals surface area contributed by atoms with Gasteiger partial charge < -0.3 is 5.32 Å². The van der Waals surface area contributed by atoms with Crippen LogP contribution in [0.5, 0.6) is 0 Å². The van der Waals surface area contributed by atoms with Crippen molar-refractivity contribution in [3.05, 3.63) is 21.3 Å². The molecule has 1 aliphatic carbocycles. The number of nitrogens with zero attached hydrogens (tertiary/aromatic N) is 1. The van der Waals surface area contributed by atoms with Gasteiger partial charge in [0.15, 0.2) is 0 Å². The quantitative estimate of drug-likeness (QED) is 0.902. The second-order valence-electron chi connectivity index (χ2n) is 5.28. The molecule has 2 rings (SSSR count). The van der Waals surface area contributed by atoms with Crippen molar-refractivity contribution in [1.82, 2.24) is 10.2 Å². The minimum atomic E-state index is 0.471. The molecule has 102 valence electrons. The van der Waals surface area contributed by atoms with Gasteiger partial charge >= 0.3 is 0 Å². The number of hydrogen-bond acceptors (Lipinski definition) is 3. The lowest BCUT2D eigenvalue weighted by molar-refractivity contribution is 0.138. The van der Waals surface area contributed by atoms with Gasteiger partial charge in [0.05, 0.1) is 4.34 Å². The molecule has 1 N–H and O–H groups in total. The van der Waals surface area contributed by atoms with Crippen LogP contribution >= 0.6 is 22.9 Å². The molecule has 18 heavy (non-hydrogen) atoms. The van der Waals surface area contributed by atoms with E-state index in [9.17, 15) is 0 Å². The van der Waals surface area contributed by atoms with Crippen LogP contribution in [0.2, 0.25) is 4.34 Å². The Morgan fingerprint density at radius 2 is 2.00 bits per heavy atom. The fourth-order valence-electron chi connectivity index (χ4n) is 2.84. The average molecular weight is 287 g/mol. The van der Waals surface area contributed by atoms with Crippen LogP contribution < -0.4 is 5.32 Å². The lowest BCUT2D eigenvalue weighted by Crippen LogP contribution is -2.40. The summed E-state index contributed by atoms with van der Waals surface area (Å²) in [5, 5.41) is 3.39. The summed E-state index contributed by atoms with van der Waals surface area (Å²) >= 11 is 7.73. The first kappa shape index (κ1) is 14.3. The highest BCUT2D eigenvalue weighted by molar-refractivity contribution is 7.16. The molecule has 0 aromatic carbocycles. The third-order valence-corrected chi connectivity index (χ3v) is 5.70. The molecule has 2 nitrogen and oxygen atoms in total. The lowest BCUT2D eigenvalue weighted by atomic mass is 9.90. The maximum Gasteiger partial charge on any atom is 0.0931 e. The highest BCUT2D eigenvalue weighted by atomic mass is 35.5. The van der Waals surface area contributed by atoms with Crippen LogP contribution in [-0.4, -0.2) is 31.1 Å². The van der Waals surface area contributed by atoms with Gasteiger partial charge in [-0.1, -0.05) is 11.6 Å². The molecular formula is C14H23ClN2S. The topological polar surface area (TPSA) is 15.3 Å². The van der Waals surface area contributed by atoms with Gasteiger partial charge in [0.25, 0.3) is 0 Å². The van der Waals surface area contributed by atoms with Crippen LogP contribution in [0.25, 0.3) is 0 Å². The Labute approximate surface area is 119 Å². The minimum absolute atomic E-state index is 0.471. The van der Waals surface area contributed by atoms with Crippen LogP contribution in [0.3, 0.4) is 0 Å². The Bertz CT molecular complexity index is 372. The predicted octanol–water partition coefficient (Wildman–Crippen LogP) is 3.92. The monoisotopic (exact) mass is 286 g/mol. The second-order valence-corrected chi connectivity index (χ2v) is 7.02. The molecule has 0 spiro atoms. The summed E-state index contributed by atoms with van der Waals surface area (Å²) in [5.41, 5.74) is 0. The van der Waals surface area contributed by atoms with Gasteiger partial charge in [0.2, 0.25) is 0 Å². The molecule has 1 aromatic heterocycles. The van der Waals surface area contributed by atoms with Crippen molar-refractivity contribution < 1.29 is 0 Å². The molecule has 1 fully saturated rings. The normalized spacial score (nSPS) is 26.5. The maximum atomic E-state index is 6.02. The summed E-state index contributed by atoms with van der Waals surface area (Å²) in [4.78, 5) is 3.90. The average Bonchev–Trinajstić information content (AvgIpc) is 2.84. The van der Waals surface area contributed by atoms with Crippen LogP contribution in [0.1, 0.15) is 43.5 Å². The Balaban J connectivity index is 1.93. The third kappa shape index (κ3) is 3.27. The third-order valence-electron chi connectivity index (χ3n) is 4.30. The summed E-state index contributed by atoms with van der Waals surface area (Å²) in [6.07, 6.45) is 5.18. The second kappa shape index (κ2) is 6.38. The number of hydrogen-bond donors (Lipinski definition) is 1. The molecule has 1 aliphatic rings. The molecule has 1 aromatic rings. The van der Waals surface area contributed by atoms with Gasteiger partial charge in [-0.05, 0) is 58.8 Å². The number of nitrogens with one attached hydrogen (secondary N) is 1. The summed E-state index contributed by atoms with van der Waals surface area (Å²) in [6.45, 7) is 2.28. The molecule has 0 radical (unpaired) electrons. The van der Waals surface area contributed by atoms with Crippen LogP contribution in [0.15, 0.2) is 12.1 Å². The standard InChI is InChI=1S/C14H23ClN2S/c1-10(13-8-9-14(15)18-13)17(3)12-6-4-11(16-2)5-7-12/h8-12,16H,4-7H2,1-3H3. The van der Waals surface area contributed by atoms with E-state index in [-0.39, 0.29) is 0 Å². The van der Waals surface area contributed by atoms with Gasteiger partial charge in [0, 0.05) is 23.0 Å². The first-order valence-corrected chi connectivity index (χ1v) is 7.95. The SMILES string of the molecule is CNC1CCC(N(C)C(C)c2ccc(Cl)s2)CC1. The summed E-state index contributed by atoms with van der Waals surface area (Å²) in [5.74, 6) is 0. The van der Waals surface area contributed by atoms with Crippen molar-refractivity contribution in [3.8, 4) is 0 Å². The minimum Gasteiger partial charge on any atom is -0.317 e. The van der Waals surface area contributed by atoms with Crippen LogP contribution in [-0.2, 0) is 0 Å². The van der Waals surface area contributed by atoms with E-state index in [0.29, 0.717) is 12.1 Å². The van der Waals surface area contributed by atoms with Crippen molar-refractivity contribution in [2.45, 2.75) is 50.7 Å². The molecule has 0 saturated heterocycles. The van der Waals surface area contributed by atoms with Gasteiger partial charge in [-0.3, -0.25) is 4.90 Å². The van der Waals surface area contributed by atoms with E-state index in [4.69, 9.17) is 11.6 Å². The Morgan fingerprint density at radius 3 is 2.50 bits per heavy atom. The van der Waals surface area contributed by atoms with Crippen molar-refractivity contribution in [1.29, 1.82) is 0 Å². The smallest absolute Gasteiger partial charge is 0.0931 e. The van der Waals surface area contributed by atoms with Crippen molar-refractivity contribution in [2.24, 2.45) is 0 Å². The zero-order valence-electron chi connectivity index (χ0n) is 11.4. The van der Waals surface area contributed by atoms with Crippen molar-refractivity contribution in [3.63, 3.8) is 0 Å². The van der Waals surface area contributed by atoms with E-state index >= 15 is 0 Å². The fourth-order valence-corrected chi connectivity index (χ4v) is 4.01. The zero-order valence-corrected chi connectivity index (χ0v) is 13.0. The number of rotatable bonds is 4. The number of thiophene rings is 1. The predicted molar refractivity (Wildman–Crippen MR) is 80.6 cm³/mol. The van der Waals surface area contributed by atoms with E-state index < -0.39 is 0 Å². The van der Waals surface area contributed by atoms with E-state index in [2.05, 4.69) is 37.3 Å². The van der Waals surface area contributed by atoms with Gasteiger partial charge in [-0.25, -0.2) is 0 Å². The largest absolute Gasteiger partial charge is 0.317 e. The molecule has 1 heterocycles. The van der Waals surface area contributed by atoms with Crippen molar-refractivity contribution >= 4 is 22.9 Å². The fraction of sp³-hybridized carbons (Fsp3) is 0.714. The Morgan fingerprint density at radius 1 is 1.33 bits per heavy atom. The van der Waals surface area contributed by atoms with Crippen LogP contribution in [0.4, 0.5) is 0 Å². The van der Waals surface area contributed by atoms with Gasteiger partial charge in [-0.15, -0.1) is 11.3 Å². The van der Waals surface area contributed by atoms with E-state index in [1.807, 2.05) is 6.07 Å². The zero-order chi connectivity index (χ0) is 13.1. The molecule has 4 heteroatoms. The van der Waals surface area contributed by atoms with Crippen LogP contribution in [0, 0.1) is 0 Å². The summed E-state index contributed by atoms with van der Waals surface area (Å²) in [6, 6.07) is 6.07. The number of halogens is 1.